The predicted molar refractivity (Wildman–Crippen MR) is 86.7 cm³/mol. The van der Waals surface area contributed by atoms with E-state index in [1.807, 2.05) is 30.5 Å². The Kier molecular flexibility index (Phi) is 5.76. The van der Waals surface area contributed by atoms with Gasteiger partial charge in [-0.2, -0.15) is 0 Å². The lowest BCUT2D eigenvalue weighted by molar-refractivity contribution is 0.462. The summed E-state index contributed by atoms with van der Waals surface area (Å²) in [5, 5.41) is 3.45. The van der Waals surface area contributed by atoms with Gasteiger partial charge in [0.1, 0.15) is 11.5 Å². The van der Waals surface area contributed by atoms with Crippen LogP contribution in [-0.4, -0.2) is 11.5 Å². The lowest BCUT2D eigenvalue weighted by atomic mass is 10.1. The second kappa shape index (κ2) is 7.79. The first-order chi connectivity index (χ1) is 10.2. The van der Waals surface area contributed by atoms with Crippen molar-refractivity contribution in [2.45, 2.75) is 33.7 Å². The van der Waals surface area contributed by atoms with Crippen LogP contribution >= 0.6 is 0 Å². The number of aryl methyl sites for hydroxylation is 1. The zero-order valence-electron chi connectivity index (χ0n) is 13.1. The third-order valence-electron chi connectivity index (χ3n) is 3.31. The smallest absolute Gasteiger partial charge is 0.150 e. The Morgan fingerprint density at radius 2 is 1.90 bits per heavy atom. The normalized spacial score (nSPS) is 10.9. The monoisotopic (exact) mass is 284 g/mol. The van der Waals surface area contributed by atoms with E-state index in [9.17, 15) is 0 Å². The summed E-state index contributed by atoms with van der Waals surface area (Å²) in [6.07, 6.45) is 4.56. The fourth-order valence-electron chi connectivity index (χ4n) is 2.16. The SMILES string of the molecule is CCc1ccccc1Oc1cnccc1CNCC(C)C. The molecule has 0 fully saturated rings. The molecule has 3 nitrogen and oxygen atoms in total. The maximum Gasteiger partial charge on any atom is 0.150 e. The minimum atomic E-state index is 0.636. The molecule has 1 aromatic heterocycles. The number of para-hydroxylation sites is 1. The molecule has 0 bridgehead atoms. The van der Waals surface area contributed by atoms with Crippen molar-refractivity contribution in [2.75, 3.05) is 6.54 Å². The minimum absolute atomic E-state index is 0.636. The number of nitrogens with zero attached hydrogens (tertiary/aromatic N) is 1. The Morgan fingerprint density at radius 1 is 1.10 bits per heavy atom. The number of rotatable bonds is 7. The second-order valence-corrected chi connectivity index (χ2v) is 5.57. The average Bonchev–Trinajstić information content (AvgIpc) is 2.49. The maximum atomic E-state index is 6.09. The van der Waals surface area contributed by atoms with Gasteiger partial charge >= 0.3 is 0 Å². The molecule has 0 spiro atoms. The second-order valence-electron chi connectivity index (χ2n) is 5.57. The summed E-state index contributed by atoms with van der Waals surface area (Å²) in [5.74, 6) is 2.38. The topological polar surface area (TPSA) is 34.1 Å². The fourth-order valence-corrected chi connectivity index (χ4v) is 2.16. The molecule has 0 aliphatic heterocycles. The fraction of sp³-hybridized carbons (Fsp3) is 0.389. The molecule has 112 valence electrons. The Morgan fingerprint density at radius 3 is 2.67 bits per heavy atom. The molecule has 3 heteroatoms. The van der Waals surface area contributed by atoms with Crippen LogP contribution in [0.25, 0.3) is 0 Å². The lowest BCUT2D eigenvalue weighted by Crippen LogP contribution is -2.19. The quantitative estimate of drug-likeness (QED) is 0.828. The number of aromatic nitrogens is 1. The molecule has 1 aromatic carbocycles. The van der Waals surface area contributed by atoms with Crippen LogP contribution in [0.2, 0.25) is 0 Å². The standard InChI is InChI=1S/C18H24N2O/c1-4-15-7-5-6-8-17(15)21-18-13-19-10-9-16(18)12-20-11-14(2)3/h5-10,13-14,20H,4,11-12H2,1-3H3. The number of hydrogen-bond donors (Lipinski definition) is 1. The summed E-state index contributed by atoms with van der Waals surface area (Å²) < 4.78 is 6.09. The van der Waals surface area contributed by atoms with Gasteiger partial charge in [0.05, 0.1) is 6.20 Å². The molecular weight excluding hydrogens is 260 g/mol. The zero-order chi connectivity index (χ0) is 15.1. The zero-order valence-corrected chi connectivity index (χ0v) is 13.1. The minimum Gasteiger partial charge on any atom is -0.455 e. The Labute approximate surface area is 127 Å². The van der Waals surface area contributed by atoms with Crippen LogP contribution in [0, 0.1) is 5.92 Å². The first-order valence-electron chi connectivity index (χ1n) is 7.60. The summed E-state index contributed by atoms with van der Waals surface area (Å²) in [5.41, 5.74) is 2.35. The van der Waals surface area contributed by atoms with Crippen LogP contribution in [0.1, 0.15) is 31.9 Å². The van der Waals surface area contributed by atoms with Gasteiger partial charge in [0, 0.05) is 18.3 Å². The van der Waals surface area contributed by atoms with Crippen molar-refractivity contribution in [3.8, 4) is 11.5 Å². The van der Waals surface area contributed by atoms with Gasteiger partial charge in [-0.1, -0.05) is 39.0 Å². The molecule has 1 heterocycles. The van der Waals surface area contributed by atoms with E-state index in [2.05, 4.69) is 37.1 Å². The highest BCUT2D eigenvalue weighted by molar-refractivity contribution is 5.40. The molecule has 0 saturated heterocycles. The van der Waals surface area contributed by atoms with E-state index in [0.29, 0.717) is 5.92 Å². The van der Waals surface area contributed by atoms with Crippen LogP contribution in [-0.2, 0) is 13.0 Å². The number of nitrogens with one attached hydrogen (secondary N) is 1. The highest BCUT2D eigenvalue weighted by Crippen LogP contribution is 2.27. The highest BCUT2D eigenvalue weighted by atomic mass is 16.5. The largest absolute Gasteiger partial charge is 0.455 e. The first-order valence-corrected chi connectivity index (χ1v) is 7.60. The molecule has 2 rings (SSSR count). The summed E-state index contributed by atoms with van der Waals surface area (Å²) in [6, 6.07) is 10.2. The molecule has 0 saturated carbocycles. The molecule has 0 amide bonds. The molecule has 0 aliphatic carbocycles. The van der Waals surface area contributed by atoms with Gasteiger partial charge in [0.2, 0.25) is 0 Å². The van der Waals surface area contributed by atoms with Crippen LogP contribution in [0.5, 0.6) is 11.5 Å². The average molecular weight is 284 g/mol. The van der Waals surface area contributed by atoms with Gasteiger partial charge in [-0.15, -0.1) is 0 Å². The van der Waals surface area contributed by atoms with Crippen molar-refractivity contribution < 1.29 is 4.74 Å². The summed E-state index contributed by atoms with van der Waals surface area (Å²) in [6.45, 7) is 8.33. The third kappa shape index (κ3) is 4.57. The predicted octanol–water partition coefficient (Wildman–Crippen LogP) is 4.18. The van der Waals surface area contributed by atoms with Crippen molar-refractivity contribution in [1.82, 2.24) is 10.3 Å². The van der Waals surface area contributed by atoms with E-state index >= 15 is 0 Å². The van der Waals surface area contributed by atoms with Gasteiger partial charge < -0.3 is 10.1 Å². The number of ether oxygens (including phenoxy) is 1. The van der Waals surface area contributed by atoms with Gasteiger partial charge in [-0.05, 0) is 36.6 Å². The lowest BCUT2D eigenvalue weighted by Gasteiger charge is -2.14. The molecule has 0 radical (unpaired) electrons. The van der Waals surface area contributed by atoms with E-state index in [4.69, 9.17) is 4.74 Å². The van der Waals surface area contributed by atoms with Crippen LogP contribution in [0.4, 0.5) is 0 Å². The Bertz CT molecular complexity index is 567. The van der Waals surface area contributed by atoms with Gasteiger partial charge in [-0.3, -0.25) is 4.98 Å². The molecule has 0 unspecified atom stereocenters. The summed E-state index contributed by atoms with van der Waals surface area (Å²) in [4.78, 5) is 4.19. The number of pyridine rings is 1. The van der Waals surface area contributed by atoms with Crippen molar-refractivity contribution in [2.24, 2.45) is 5.92 Å². The van der Waals surface area contributed by atoms with Crippen LogP contribution in [0.3, 0.4) is 0 Å². The van der Waals surface area contributed by atoms with E-state index < -0.39 is 0 Å². The molecule has 21 heavy (non-hydrogen) atoms. The third-order valence-corrected chi connectivity index (χ3v) is 3.31. The number of hydrogen-bond acceptors (Lipinski definition) is 3. The highest BCUT2D eigenvalue weighted by Gasteiger charge is 2.07. The van der Waals surface area contributed by atoms with Crippen molar-refractivity contribution in [3.63, 3.8) is 0 Å². The molecule has 1 N–H and O–H groups in total. The van der Waals surface area contributed by atoms with Gasteiger partial charge in [-0.25, -0.2) is 0 Å². The van der Waals surface area contributed by atoms with Crippen LogP contribution in [0.15, 0.2) is 42.7 Å². The van der Waals surface area contributed by atoms with Crippen LogP contribution < -0.4 is 10.1 Å². The van der Waals surface area contributed by atoms with E-state index in [1.54, 1.807) is 6.20 Å². The summed E-state index contributed by atoms with van der Waals surface area (Å²) >= 11 is 0. The number of benzene rings is 1. The van der Waals surface area contributed by atoms with Crippen molar-refractivity contribution in [1.29, 1.82) is 0 Å². The van der Waals surface area contributed by atoms with Crippen molar-refractivity contribution >= 4 is 0 Å². The Balaban J connectivity index is 2.12. The van der Waals surface area contributed by atoms with Gasteiger partial charge in [0.25, 0.3) is 0 Å². The van der Waals surface area contributed by atoms with E-state index in [0.717, 1.165) is 36.6 Å². The van der Waals surface area contributed by atoms with Crippen molar-refractivity contribution in [3.05, 3.63) is 53.9 Å². The molecule has 0 aliphatic rings. The van der Waals surface area contributed by atoms with E-state index in [-0.39, 0.29) is 0 Å². The van der Waals surface area contributed by atoms with E-state index in [1.165, 1.54) is 5.56 Å². The molecule has 0 atom stereocenters. The Hall–Kier alpha value is -1.87. The molecular formula is C18H24N2O. The first kappa shape index (κ1) is 15.5. The maximum absolute atomic E-state index is 6.09. The summed E-state index contributed by atoms with van der Waals surface area (Å²) in [7, 11) is 0. The molecule has 2 aromatic rings. The van der Waals surface area contributed by atoms with Gasteiger partial charge in [0.15, 0.2) is 0 Å².